The number of hydrogen-bond donors (Lipinski definition) is 4. The molecule has 18 nitrogen and oxygen atoms in total. The predicted octanol–water partition coefficient (Wildman–Crippen LogP) is -1.12. The number of rotatable bonds is 13. The Labute approximate surface area is 235 Å². The minimum atomic E-state index is -1.62. The summed E-state index contributed by atoms with van der Waals surface area (Å²) in [6.07, 6.45) is -7.97. The summed E-state index contributed by atoms with van der Waals surface area (Å²) in [5.74, 6) is -4.71. The van der Waals surface area contributed by atoms with Gasteiger partial charge >= 0.3 is 35.9 Å². The van der Waals surface area contributed by atoms with Crippen LogP contribution in [0.1, 0.15) is 47.5 Å². The number of nitrogens with one attached hydrogen (secondary N) is 2. The maximum Gasteiger partial charge on any atom is 0.413 e. The van der Waals surface area contributed by atoms with Crippen molar-refractivity contribution in [3.8, 4) is 0 Å². The Hall–Kier alpha value is -4.03. The molecule has 18 heteroatoms. The van der Waals surface area contributed by atoms with E-state index in [1.54, 1.807) is 6.92 Å². The van der Waals surface area contributed by atoms with E-state index in [9.17, 15) is 28.8 Å². The summed E-state index contributed by atoms with van der Waals surface area (Å²) < 4.78 is 31.4. The SMILES string of the molecule is CCOC(=O)NC(=NCCC[C@H](N)C(=O)O)NO[C@@H]1OC(COC(C)=O)[C@H](OC(C)=O)C(OC(C)=O)[C@@H]1OC(C)=O. The molecule has 1 saturated heterocycles. The number of guanidine groups is 1. The van der Waals surface area contributed by atoms with Gasteiger partial charge < -0.3 is 39.3 Å². The van der Waals surface area contributed by atoms with Gasteiger partial charge in [-0.15, -0.1) is 0 Å². The van der Waals surface area contributed by atoms with Gasteiger partial charge in [-0.05, 0) is 19.8 Å². The highest BCUT2D eigenvalue weighted by atomic mass is 16.8. The Bertz CT molecular complexity index is 974. The molecule has 1 heterocycles. The lowest BCUT2D eigenvalue weighted by atomic mass is 9.98. The Morgan fingerprint density at radius 3 is 2.02 bits per heavy atom. The highest BCUT2D eigenvalue weighted by Crippen LogP contribution is 2.29. The highest BCUT2D eigenvalue weighted by molar-refractivity contribution is 5.93. The van der Waals surface area contributed by atoms with Gasteiger partial charge in [-0.1, -0.05) is 0 Å². The van der Waals surface area contributed by atoms with Crippen LogP contribution in [-0.4, -0.2) is 104 Å². The van der Waals surface area contributed by atoms with Crippen molar-refractivity contribution in [1.82, 2.24) is 10.8 Å². The normalized spacial score (nSPS) is 22.9. The molecule has 0 saturated carbocycles. The number of nitrogens with zero attached hydrogens (tertiary/aromatic N) is 1. The molecule has 0 aromatic rings. The minimum Gasteiger partial charge on any atom is -0.480 e. The lowest BCUT2D eigenvalue weighted by Gasteiger charge is -2.43. The van der Waals surface area contributed by atoms with E-state index >= 15 is 0 Å². The molecule has 1 aliphatic rings. The van der Waals surface area contributed by atoms with Crippen LogP contribution in [0.2, 0.25) is 0 Å². The number of amides is 1. The lowest BCUT2D eigenvalue weighted by Crippen LogP contribution is -2.64. The Morgan fingerprint density at radius 1 is 0.902 bits per heavy atom. The summed E-state index contributed by atoms with van der Waals surface area (Å²) in [5, 5.41) is 11.2. The van der Waals surface area contributed by atoms with E-state index in [0.717, 1.165) is 27.7 Å². The van der Waals surface area contributed by atoms with Crippen LogP contribution < -0.4 is 16.5 Å². The monoisotopic (exact) mass is 592 g/mol. The van der Waals surface area contributed by atoms with Gasteiger partial charge in [0.15, 0.2) is 18.3 Å². The molecular formula is C23H36N4O14. The molecule has 1 rings (SSSR count). The molecule has 1 aliphatic heterocycles. The second-order valence-electron chi connectivity index (χ2n) is 8.45. The van der Waals surface area contributed by atoms with Crippen molar-refractivity contribution in [3.63, 3.8) is 0 Å². The number of carboxylic acids is 1. The molecule has 0 bridgehead atoms. The second-order valence-corrected chi connectivity index (χ2v) is 8.45. The maximum absolute atomic E-state index is 12.0. The number of aliphatic imine (C=N–C) groups is 1. The molecule has 0 radical (unpaired) electrons. The molecule has 5 N–H and O–H groups in total. The number of carbonyl (C=O) groups excluding carboxylic acids is 5. The minimum absolute atomic E-state index is 0.0162. The van der Waals surface area contributed by atoms with Crippen LogP contribution in [0.15, 0.2) is 4.99 Å². The van der Waals surface area contributed by atoms with Crippen molar-refractivity contribution in [1.29, 1.82) is 0 Å². The Morgan fingerprint density at radius 2 is 1.49 bits per heavy atom. The van der Waals surface area contributed by atoms with Crippen molar-refractivity contribution in [2.45, 2.75) is 84.2 Å². The smallest absolute Gasteiger partial charge is 0.413 e. The lowest BCUT2D eigenvalue weighted by molar-refractivity contribution is -0.316. The number of hydroxylamine groups is 1. The first kappa shape index (κ1) is 35.0. The van der Waals surface area contributed by atoms with Crippen LogP contribution >= 0.6 is 0 Å². The Balaban J connectivity index is 3.28. The fraction of sp³-hybridized carbons (Fsp3) is 0.696. The quantitative estimate of drug-likeness (QED) is 0.0494. The van der Waals surface area contributed by atoms with E-state index in [1.165, 1.54) is 0 Å². The fourth-order valence-electron chi connectivity index (χ4n) is 3.38. The van der Waals surface area contributed by atoms with Crippen molar-refractivity contribution in [2.75, 3.05) is 19.8 Å². The van der Waals surface area contributed by atoms with Gasteiger partial charge in [-0.2, -0.15) is 0 Å². The average molecular weight is 593 g/mol. The van der Waals surface area contributed by atoms with Gasteiger partial charge in [-0.3, -0.25) is 34.3 Å². The molecule has 1 amide bonds. The number of ether oxygens (including phenoxy) is 6. The fourth-order valence-corrected chi connectivity index (χ4v) is 3.38. The summed E-state index contributed by atoms with van der Waals surface area (Å²) in [6.45, 7) is 5.39. The van der Waals surface area contributed by atoms with Gasteiger partial charge in [0.05, 0.1) is 6.61 Å². The summed E-state index contributed by atoms with van der Waals surface area (Å²) >= 11 is 0. The van der Waals surface area contributed by atoms with E-state index in [1.807, 2.05) is 0 Å². The van der Waals surface area contributed by atoms with Crippen molar-refractivity contribution < 1.29 is 67.1 Å². The topological polar surface area (TPSA) is 250 Å². The van der Waals surface area contributed by atoms with E-state index in [2.05, 4.69) is 15.8 Å². The van der Waals surface area contributed by atoms with Gasteiger partial charge in [0.25, 0.3) is 0 Å². The van der Waals surface area contributed by atoms with Crippen LogP contribution in [0.5, 0.6) is 0 Å². The molecule has 0 aromatic heterocycles. The summed E-state index contributed by atoms with van der Waals surface area (Å²) in [7, 11) is 0. The molecule has 0 spiro atoms. The number of carboxylic acid groups (broad SMARTS) is 1. The second kappa shape index (κ2) is 17.6. The van der Waals surface area contributed by atoms with Gasteiger partial charge in [0.1, 0.15) is 18.8 Å². The van der Waals surface area contributed by atoms with Crippen LogP contribution in [0.25, 0.3) is 0 Å². The molecular weight excluding hydrogens is 556 g/mol. The van der Waals surface area contributed by atoms with E-state index < -0.39 is 79.3 Å². The number of aliphatic carboxylic acids is 1. The van der Waals surface area contributed by atoms with Gasteiger partial charge in [0, 0.05) is 34.2 Å². The van der Waals surface area contributed by atoms with Crippen molar-refractivity contribution in [3.05, 3.63) is 0 Å². The van der Waals surface area contributed by atoms with Gasteiger partial charge in [0.2, 0.25) is 12.2 Å². The van der Waals surface area contributed by atoms with Crippen LogP contribution in [-0.2, 0) is 57.2 Å². The maximum atomic E-state index is 12.0. The molecule has 1 fully saturated rings. The number of hydrogen-bond acceptors (Lipinski definition) is 15. The third-order valence-corrected chi connectivity index (χ3v) is 4.98. The number of alkyl carbamates (subject to hydrolysis) is 1. The van der Waals surface area contributed by atoms with Gasteiger partial charge in [-0.25, -0.2) is 15.1 Å². The average Bonchev–Trinajstić information content (AvgIpc) is 2.85. The van der Waals surface area contributed by atoms with E-state index in [-0.39, 0.29) is 32.0 Å². The standard InChI is InChI=1S/C23H36N4O14/c1-6-35-23(34)26-22(25-9-7-8-15(24)20(32)33)27-41-21-19(39-14(5)31)18(38-13(4)30)17(37-12(3)29)16(40-21)10-36-11(2)28/h15-19,21H,6-10,24H2,1-5H3,(H,32,33)(H2,25,26,27,34)/t15-,16?,17-,18?,19-,21-/m0/s1. The number of esters is 4. The zero-order valence-corrected chi connectivity index (χ0v) is 23.3. The number of nitrogens with two attached hydrogens (primary N) is 1. The van der Waals surface area contributed by atoms with E-state index in [0.29, 0.717) is 0 Å². The summed E-state index contributed by atoms with van der Waals surface area (Å²) in [4.78, 5) is 79.6. The van der Waals surface area contributed by atoms with Crippen LogP contribution in [0.3, 0.4) is 0 Å². The third-order valence-electron chi connectivity index (χ3n) is 4.98. The zero-order chi connectivity index (χ0) is 31.1. The molecule has 6 atom stereocenters. The summed E-state index contributed by atoms with van der Waals surface area (Å²) in [6, 6.07) is -1.12. The summed E-state index contributed by atoms with van der Waals surface area (Å²) in [5.41, 5.74) is 7.80. The zero-order valence-electron chi connectivity index (χ0n) is 23.3. The molecule has 232 valence electrons. The highest BCUT2D eigenvalue weighted by Gasteiger charge is 2.53. The molecule has 41 heavy (non-hydrogen) atoms. The molecule has 2 unspecified atom stereocenters. The first-order valence-electron chi connectivity index (χ1n) is 12.4. The largest absolute Gasteiger partial charge is 0.480 e. The Kier molecular flexibility index (Phi) is 15.0. The predicted molar refractivity (Wildman–Crippen MR) is 133 cm³/mol. The van der Waals surface area contributed by atoms with Crippen LogP contribution in [0.4, 0.5) is 4.79 Å². The van der Waals surface area contributed by atoms with Crippen molar-refractivity contribution >= 4 is 41.9 Å². The first-order valence-corrected chi connectivity index (χ1v) is 12.4. The molecule has 0 aliphatic carbocycles. The van der Waals surface area contributed by atoms with E-state index in [4.69, 9.17) is 44.1 Å². The van der Waals surface area contributed by atoms with Crippen molar-refractivity contribution in [2.24, 2.45) is 10.7 Å². The molecule has 0 aromatic carbocycles. The number of carbonyl (C=O) groups is 6. The van der Waals surface area contributed by atoms with Crippen LogP contribution in [0, 0.1) is 0 Å². The first-order chi connectivity index (χ1) is 19.2. The third kappa shape index (κ3) is 13.3.